The number of pyridine rings is 1. The van der Waals surface area contributed by atoms with Gasteiger partial charge < -0.3 is 5.32 Å². The zero-order valence-electron chi connectivity index (χ0n) is 15.1. The molecule has 0 radical (unpaired) electrons. The number of halogens is 3. The van der Waals surface area contributed by atoms with Crippen molar-refractivity contribution in [2.24, 2.45) is 0 Å². The van der Waals surface area contributed by atoms with Gasteiger partial charge in [0.1, 0.15) is 16.5 Å². The molecule has 0 spiro atoms. The van der Waals surface area contributed by atoms with Crippen molar-refractivity contribution in [3.05, 3.63) is 51.7 Å². The molecule has 0 aliphatic heterocycles. The van der Waals surface area contributed by atoms with Crippen molar-refractivity contribution < 1.29 is 13.2 Å². The molecule has 1 aliphatic rings. The number of hydrogen-bond acceptors (Lipinski definition) is 6. The third-order valence-electron chi connectivity index (χ3n) is 4.51. The van der Waals surface area contributed by atoms with Gasteiger partial charge in [-0.15, -0.1) is 11.3 Å². The van der Waals surface area contributed by atoms with E-state index in [0.29, 0.717) is 0 Å². The fourth-order valence-electron chi connectivity index (χ4n) is 3.12. The maximum Gasteiger partial charge on any atom is 0.433 e. The third-order valence-corrected chi connectivity index (χ3v) is 5.85. The maximum absolute atomic E-state index is 13.3. The summed E-state index contributed by atoms with van der Waals surface area (Å²) in [6, 6.07) is 5.61. The Balaban J connectivity index is 1.65. The van der Waals surface area contributed by atoms with Gasteiger partial charge in [0.15, 0.2) is 11.5 Å². The van der Waals surface area contributed by atoms with E-state index in [0.717, 1.165) is 42.5 Å². The first kappa shape index (κ1) is 18.8. The Bertz CT molecular complexity index is 948. The lowest BCUT2D eigenvalue weighted by Gasteiger charge is -2.15. The van der Waals surface area contributed by atoms with Gasteiger partial charge in [-0.3, -0.25) is 4.98 Å². The molecule has 3 heterocycles. The average Bonchev–Trinajstić information content (AvgIpc) is 3.12. The van der Waals surface area contributed by atoms with Gasteiger partial charge in [0.05, 0.1) is 11.7 Å². The summed E-state index contributed by atoms with van der Waals surface area (Å²) in [5.74, 6) is 0.0345. The molecule has 1 N–H and O–H groups in total. The van der Waals surface area contributed by atoms with Crippen LogP contribution in [0.4, 0.5) is 19.0 Å². The predicted octanol–water partition coefficient (Wildman–Crippen LogP) is 5.07. The van der Waals surface area contributed by atoms with Gasteiger partial charge in [0, 0.05) is 17.1 Å². The number of thiazole rings is 1. The highest BCUT2D eigenvalue weighted by Crippen LogP contribution is 2.33. The quantitative estimate of drug-likeness (QED) is 0.657. The first-order valence-electron chi connectivity index (χ1n) is 9.03. The smallest absolute Gasteiger partial charge is 0.361 e. The highest BCUT2D eigenvalue weighted by atomic mass is 32.1. The minimum Gasteiger partial charge on any atom is -0.361 e. The summed E-state index contributed by atoms with van der Waals surface area (Å²) < 4.78 is 40.0. The molecule has 0 unspecified atom stereocenters. The molecule has 1 atom stereocenters. The van der Waals surface area contributed by atoms with Crippen LogP contribution in [0.3, 0.4) is 0 Å². The van der Waals surface area contributed by atoms with Crippen LogP contribution in [0, 0.1) is 0 Å². The maximum atomic E-state index is 13.3. The van der Waals surface area contributed by atoms with E-state index in [1.54, 1.807) is 29.5 Å². The number of anilines is 1. The molecule has 0 saturated carbocycles. The van der Waals surface area contributed by atoms with Crippen molar-refractivity contribution in [1.82, 2.24) is 19.9 Å². The summed E-state index contributed by atoms with van der Waals surface area (Å²) in [6.07, 6.45) is 1.20. The van der Waals surface area contributed by atoms with E-state index >= 15 is 0 Å². The van der Waals surface area contributed by atoms with Crippen LogP contribution in [0.15, 0.2) is 30.5 Å². The number of alkyl halides is 3. The molecular formula is C19H18F3N5S. The molecule has 3 aromatic heterocycles. The Labute approximate surface area is 164 Å². The fourth-order valence-corrected chi connectivity index (χ4v) is 4.27. The van der Waals surface area contributed by atoms with E-state index in [1.807, 2.05) is 6.92 Å². The normalized spacial score (nSPS) is 15.1. The number of nitrogens with one attached hydrogen (secondary N) is 1. The van der Waals surface area contributed by atoms with Crippen molar-refractivity contribution in [2.45, 2.75) is 44.8 Å². The van der Waals surface area contributed by atoms with E-state index < -0.39 is 11.9 Å². The van der Waals surface area contributed by atoms with Crippen LogP contribution in [0.5, 0.6) is 0 Å². The summed E-state index contributed by atoms with van der Waals surface area (Å²) >= 11 is 1.62. The van der Waals surface area contributed by atoms with Crippen LogP contribution < -0.4 is 5.32 Å². The van der Waals surface area contributed by atoms with Crippen LogP contribution in [-0.4, -0.2) is 19.9 Å². The summed E-state index contributed by atoms with van der Waals surface area (Å²) in [4.78, 5) is 17.9. The van der Waals surface area contributed by atoms with Gasteiger partial charge in [0.25, 0.3) is 0 Å². The molecule has 1 aliphatic carbocycles. The van der Waals surface area contributed by atoms with Crippen LogP contribution in [-0.2, 0) is 19.0 Å². The molecular weight excluding hydrogens is 387 g/mol. The van der Waals surface area contributed by atoms with Crippen LogP contribution >= 0.6 is 11.3 Å². The molecule has 5 nitrogen and oxygen atoms in total. The largest absolute Gasteiger partial charge is 0.433 e. The van der Waals surface area contributed by atoms with Gasteiger partial charge in [-0.2, -0.15) is 13.2 Å². The van der Waals surface area contributed by atoms with Gasteiger partial charge in [-0.05, 0) is 44.7 Å². The first-order chi connectivity index (χ1) is 13.4. The predicted molar refractivity (Wildman–Crippen MR) is 101 cm³/mol. The standard InChI is InChI=1S/C19H18F3N5S/c1-11(18-25-12-6-2-3-8-14(12)28-18)24-16-10-15(19(20,21)22)26-17(27-16)13-7-4-5-9-23-13/h4-5,7,9-11H,2-3,6,8H2,1H3,(H,24,26,27)/t11-/m1/s1. The number of aromatic nitrogens is 4. The molecule has 0 saturated heterocycles. The minimum atomic E-state index is -4.58. The van der Waals surface area contributed by atoms with Crippen LogP contribution in [0.25, 0.3) is 11.5 Å². The van der Waals surface area contributed by atoms with E-state index in [4.69, 9.17) is 0 Å². The summed E-state index contributed by atoms with van der Waals surface area (Å²) in [6.45, 7) is 1.88. The third kappa shape index (κ3) is 3.99. The second-order valence-electron chi connectivity index (χ2n) is 6.67. The molecule has 0 fully saturated rings. The molecule has 0 bridgehead atoms. The van der Waals surface area contributed by atoms with E-state index in [1.165, 1.54) is 11.1 Å². The van der Waals surface area contributed by atoms with Gasteiger partial charge in [0.2, 0.25) is 0 Å². The zero-order valence-corrected chi connectivity index (χ0v) is 15.9. The Morgan fingerprint density at radius 3 is 2.64 bits per heavy atom. The molecule has 4 rings (SSSR count). The van der Waals surface area contributed by atoms with Crippen LogP contribution in [0.2, 0.25) is 0 Å². The highest BCUT2D eigenvalue weighted by Gasteiger charge is 2.34. The topological polar surface area (TPSA) is 63.6 Å². The zero-order chi connectivity index (χ0) is 19.7. The Morgan fingerprint density at radius 2 is 1.93 bits per heavy atom. The SMILES string of the molecule is C[C@@H](Nc1cc(C(F)(F)F)nc(-c2ccccn2)n1)c1nc2c(s1)CCCC2. The average molecular weight is 405 g/mol. The molecule has 0 aromatic carbocycles. The van der Waals surface area contributed by atoms with Crippen molar-refractivity contribution in [2.75, 3.05) is 5.32 Å². The number of fused-ring (bicyclic) bond motifs is 1. The van der Waals surface area contributed by atoms with Crippen LogP contribution in [0.1, 0.15) is 47.1 Å². The fraction of sp³-hybridized carbons (Fsp3) is 0.368. The van der Waals surface area contributed by atoms with E-state index in [9.17, 15) is 13.2 Å². The van der Waals surface area contributed by atoms with Gasteiger partial charge in [-0.25, -0.2) is 15.0 Å². The Kier molecular flexibility index (Phi) is 5.01. The van der Waals surface area contributed by atoms with Crippen molar-refractivity contribution >= 4 is 17.2 Å². The lowest BCUT2D eigenvalue weighted by Crippen LogP contribution is -2.14. The lowest BCUT2D eigenvalue weighted by molar-refractivity contribution is -0.141. The number of aryl methyl sites for hydroxylation is 2. The van der Waals surface area contributed by atoms with E-state index in [2.05, 4.69) is 25.3 Å². The summed E-state index contributed by atoms with van der Waals surface area (Å²) in [7, 11) is 0. The molecule has 9 heteroatoms. The molecule has 146 valence electrons. The van der Waals surface area contributed by atoms with Gasteiger partial charge in [-0.1, -0.05) is 6.07 Å². The highest BCUT2D eigenvalue weighted by molar-refractivity contribution is 7.11. The number of hydrogen-bond donors (Lipinski definition) is 1. The Morgan fingerprint density at radius 1 is 1.11 bits per heavy atom. The second-order valence-corrected chi connectivity index (χ2v) is 7.79. The van der Waals surface area contributed by atoms with Gasteiger partial charge >= 0.3 is 6.18 Å². The number of rotatable bonds is 4. The lowest BCUT2D eigenvalue weighted by atomic mass is 10.0. The van der Waals surface area contributed by atoms with Crippen molar-refractivity contribution in [3.8, 4) is 11.5 Å². The summed E-state index contributed by atoms with van der Waals surface area (Å²) in [5.41, 5.74) is 0.401. The monoisotopic (exact) mass is 405 g/mol. The minimum absolute atomic E-state index is 0.0661. The second kappa shape index (κ2) is 7.46. The molecule has 3 aromatic rings. The van der Waals surface area contributed by atoms with Crippen molar-refractivity contribution in [1.29, 1.82) is 0 Å². The molecule has 28 heavy (non-hydrogen) atoms. The molecule has 0 amide bonds. The first-order valence-corrected chi connectivity index (χ1v) is 9.84. The summed E-state index contributed by atoms with van der Waals surface area (Å²) in [5, 5.41) is 3.92. The number of nitrogens with zero attached hydrogens (tertiary/aromatic N) is 4. The Hall–Kier alpha value is -2.55. The van der Waals surface area contributed by atoms with E-state index in [-0.39, 0.29) is 23.4 Å². The van der Waals surface area contributed by atoms with Crippen molar-refractivity contribution in [3.63, 3.8) is 0 Å².